The quantitative estimate of drug-likeness (QED) is 0.487. The Hall–Kier alpha value is -1.52. The zero-order valence-electron chi connectivity index (χ0n) is 15.7. The van der Waals surface area contributed by atoms with E-state index in [1.165, 1.54) is 12.1 Å². The van der Waals surface area contributed by atoms with Crippen LogP contribution in [0, 0.1) is 5.82 Å². The number of halogens is 1. The summed E-state index contributed by atoms with van der Waals surface area (Å²) in [7, 11) is -1.63. The van der Waals surface area contributed by atoms with Crippen LogP contribution >= 0.6 is 11.8 Å². The van der Waals surface area contributed by atoms with E-state index in [0.29, 0.717) is 31.3 Å². The number of benzene rings is 1. The van der Waals surface area contributed by atoms with E-state index >= 15 is 0 Å². The average molecular weight is 419 g/mol. The molecule has 152 valence electrons. The highest BCUT2D eigenvalue weighted by Crippen LogP contribution is 2.14. The van der Waals surface area contributed by atoms with Gasteiger partial charge in [0, 0.05) is 44.3 Å². The number of hydrogen-bond acceptors (Lipinski definition) is 5. The number of nitrogens with one attached hydrogen (secondary N) is 2. The van der Waals surface area contributed by atoms with Crippen molar-refractivity contribution in [2.75, 3.05) is 50.5 Å². The zero-order valence-corrected chi connectivity index (χ0v) is 17.3. The Bertz CT molecular complexity index is 725. The van der Waals surface area contributed by atoms with Crippen molar-refractivity contribution >= 4 is 27.7 Å². The molecule has 0 aromatic heterocycles. The van der Waals surface area contributed by atoms with Gasteiger partial charge in [0.25, 0.3) is 0 Å². The maximum absolute atomic E-state index is 13.2. The highest BCUT2D eigenvalue weighted by molar-refractivity contribution is 7.99. The summed E-state index contributed by atoms with van der Waals surface area (Å²) >= 11 is 1.77. The van der Waals surface area contributed by atoms with Gasteiger partial charge in [0.15, 0.2) is 5.96 Å². The molecule has 1 fully saturated rings. The van der Waals surface area contributed by atoms with Gasteiger partial charge in [0.1, 0.15) is 17.7 Å². The molecular weight excluding hydrogens is 391 g/mol. The van der Waals surface area contributed by atoms with E-state index in [4.69, 9.17) is 4.74 Å². The fourth-order valence-electron chi connectivity index (χ4n) is 2.53. The molecule has 7 nitrogen and oxygen atoms in total. The molecule has 1 aliphatic rings. The molecule has 0 spiro atoms. The van der Waals surface area contributed by atoms with E-state index in [-0.39, 0.29) is 24.2 Å². The van der Waals surface area contributed by atoms with E-state index in [2.05, 4.69) is 15.6 Å². The third kappa shape index (κ3) is 7.55. The second-order valence-corrected chi connectivity index (χ2v) is 9.41. The van der Waals surface area contributed by atoms with Gasteiger partial charge < -0.3 is 15.4 Å². The topological polar surface area (TPSA) is 83.0 Å². The summed E-state index contributed by atoms with van der Waals surface area (Å²) in [5.74, 6) is 2.32. The smallest absolute Gasteiger partial charge is 0.215 e. The van der Waals surface area contributed by atoms with Crippen molar-refractivity contribution in [2.24, 2.45) is 4.99 Å². The molecule has 0 radical (unpaired) electrons. The van der Waals surface area contributed by atoms with Crippen molar-refractivity contribution < 1.29 is 17.5 Å². The van der Waals surface area contributed by atoms with Crippen LogP contribution in [0.25, 0.3) is 0 Å². The Labute approximate surface area is 164 Å². The molecule has 2 rings (SSSR count). The molecule has 0 bridgehead atoms. The lowest BCUT2D eigenvalue weighted by Gasteiger charge is -2.25. The SMILES string of the molecule is CN=C(NCCS(=O)(=O)N1CCSCC1)NCC(C)Oc1cccc(F)c1. The van der Waals surface area contributed by atoms with Gasteiger partial charge >= 0.3 is 0 Å². The first-order valence-corrected chi connectivity index (χ1v) is 11.6. The Balaban J connectivity index is 1.72. The first-order valence-electron chi connectivity index (χ1n) is 8.83. The highest BCUT2D eigenvalue weighted by atomic mass is 32.2. The van der Waals surface area contributed by atoms with Gasteiger partial charge in [-0.05, 0) is 19.1 Å². The molecular formula is C17H27FN4O3S2. The van der Waals surface area contributed by atoms with Crippen LogP contribution in [-0.2, 0) is 10.0 Å². The fourth-order valence-corrected chi connectivity index (χ4v) is 5.02. The zero-order chi connectivity index (χ0) is 19.7. The van der Waals surface area contributed by atoms with Crippen LogP contribution in [-0.4, -0.2) is 75.3 Å². The first kappa shape index (κ1) is 21.8. The second kappa shape index (κ2) is 10.7. The number of hydrogen-bond donors (Lipinski definition) is 2. The van der Waals surface area contributed by atoms with E-state index in [1.54, 1.807) is 35.2 Å². The minimum Gasteiger partial charge on any atom is -0.489 e. The van der Waals surface area contributed by atoms with Gasteiger partial charge in [-0.2, -0.15) is 11.8 Å². The van der Waals surface area contributed by atoms with Gasteiger partial charge in [-0.15, -0.1) is 0 Å². The molecule has 0 aliphatic carbocycles. The van der Waals surface area contributed by atoms with Crippen molar-refractivity contribution in [3.63, 3.8) is 0 Å². The van der Waals surface area contributed by atoms with Gasteiger partial charge in [-0.25, -0.2) is 17.1 Å². The summed E-state index contributed by atoms with van der Waals surface area (Å²) in [6, 6.07) is 5.97. The molecule has 1 aromatic carbocycles. The van der Waals surface area contributed by atoms with Crippen LogP contribution in [0.5, 0.6) is 5.75 Å². The number of thioether (sulfide) groups is 1. The van der Waals surface area contributed by atoms with E-state index in [1.807, 2.05) is 6.92 Å². The van der Waals surface area contributed by atoms with Crippen molar-refractivity contribution in [1.82, 2.24) is 14.9 Å². The predicted octanol–water partition coefficient (Wildman–Crippen LogP) is 1.14. The summed E-state index contributed by atoms with van der Waals surface area (Å²) in [5.41, 5.74) is 0. The Morgan fingerprint density at radius 1 is 1.37 bits per heavy atom. The van der Waals surface area contributed by atoms with Gasteiger partial charge in [0.2, 0.25) is 10.0 Å². The third-order valence-electron chi connectivity index (χ3n) is 3.93. The van der Waals surface area contributed by atoms with E-state index < -0.39 is 10.0 Å². The molecule has 1 aromatic rings. The number of aliphatic imine (C=N–C) groups is 1. The molecule has 1 aliphatic heterocycles. The monoisotopic (exact) mass is 418 g/mol. The van der Waals surface area contributed by atoms with Crippen LogP contribution in [0.4, 0.5) is 4.39 Å². The standard InChI is InChI=1S/C17H27FN4O3S2/c1-14(25-16-5-3-4-15(18)12-16)13-21-17(19-2)20-6-11-27(23,24)22-7-9-26-10-8-22/h3-5,12,14H,6-11,13H2,1-2H3,(H2,19,20,21). The van der Waals surface area contributed by atoms with Crippen molar-refractivity contribution in [2.45, 2.75) is 13.0 Å². The van der Waals surface area contributed by atoms with E-state index in [9.17, 15) is 12.8 Å². The predicted molar refractivity (Wildman–Crippen MR) is 109 cm³/mol. The number of guanidine groups is 1. The van der Waals surface area contributed by atoms with Crippen molar-refractivity contribution in [3.05, 3.63) is 30.1 Å². The lowest BCUT2D eigenvalue weighted by atomic mass is 10.3. The maximum atomic E-state index is 13.2. The summed E-state index contributed by atoms with van der Waals surface area (Å²) < 4.78 is 45.0. The summed E-state index contributed by atoms with van der Waals surface area (Å²) in [6.07, 6.45) is -0.222. The van der Waals surface area contributed by atoms with Crippen LogP contribution < -0.4 is 15.4 Å². The number of ether oxygens (including phenoxy) is 1. The molecule has 1 heterocycles. The molecule has 1 unspecified atom stereocenters. The summed E-state index contributed by atoms with van der Waals surface area (Å²) in [4.78, 5) is 4.08. The van der Waals surface area contributed by atoms with Gasteiger partial charge in [-0.3, -0.25) is 4.99 Å². The maximum Gasteiger partial charge on any atom is 0.215 e. The lowest BCUT2D eigenvalue weighted by molar-refractivity contribution is 0.223. The van der Waals surface area contributed by atoms with Crippen LogP contribution in [0.3, 0.4) is 0 Å². The number of nitrogens with zero attached hydrogens (tertiary/aromatic N) is 2. The second-order valence-electron chi connectivity index (χ2n) is 6.09. The van der Waals surface area contributed by atoms with E-state index in [0.717, 1.165) is 11.5 Å². The minimum atomic E-state index is -3.25. The lowest BCUT2D eigenvalue weighted by Crippen LogP contribution is -2.45. The fraction of sp³-hybridized carbons (Fsp3) is 0.588. The first-order chi connectivity index (χ1) is 12.9. The summed E-state index contributed by atoms with van der Waals surface area (Å²) in [5, 5.41) is 6.08. The Morgan fingerprint density at radius 2 is 2.11 bits per heavy atom. The largest absolute Gasteiger partial charge is 0.489 e. The molecule has 0 amide bonds. The Kier molecular flexibility index (Phi) is 8.65. The minimum absolute atomic E-state index is 0.0215. The highest BCUT2D eigenvalue weighted by Gasteiger charge is 2.23. The molecule has 1 saturated heterocycles. The average Bonchev–Trinajstić information content (AvgIpc) is 2.65. The molecule has 27 heavy (non-hydrogen) atoms. The summed E-state index contributed by atoms with van der Waals surface area (Å²) in [6.45, 7) is 3.71. The molecule has 2 N–H and O–H groups in total. The van der Waals surface area contributed by atoms with Crippen molar-refractivity contribution in [3.8, 4) is 5.75 Å². The number of rotatable bonds is 8. The number of sulfonamides is 1. The molecule has 0 saturated carbocycles. The van der Waals surface area contributed by atoms with Gasteiger partial charge in [0.05, 0.1) is 12.3 Å². The van der Waals surface area contributed by atoms with Crippen LogP contribution in [0.15, 0.2) is 29.3 Å². The van der Waals surface area contributed by atoms with Crippen LogP contribution in [0.1, 0.15) is 6.92 Å². The Morgan fingerprint density at radius 3 is 2.78 bits per heavy atom. The molecule has 1 atom stereocenters. The normalized spacial score (nSPS) is 17.4. The van der Waals surface area contributed by atoms with Gasteiger partial charge in [-0.1, -0.05) is 6.07 Å². The van der Waals surface area contributed by atoms with Crippen molar-refractivity contribution in [1.29, 1.82) is 0 Å². The molecule has 10 heteroatoms. The third-order valence-corrected chi connectivity index (χ3v) is 6.74. The van der Waals surface area contributed by atoms with Crippen LogP contribution in [0.2, 0.25) is 0 Å².